The summed E-state index contributed by atoms with van der Waals surface area (Å²) in [5, 5.41) is 8.40. The highest BCUT2D eigenvalue weighted by Crippen LogP contribution is 2.15. The smallest absolute Gasteiger partial charge is 0.137 e. The van der Waals surface area contributed by atoms with Gasteiger partial charge in [0.2, 0.25) is 0 Å². The van der Waals surface area contributed by atoms with Gasteiger partial charge in [-0.25, -0.2) is 9.67 Å². The van der Waals surface area contributed by atoms with Gasteiger partial charge in [0.05, 0.1) is 17.8 Å². The number of pyridine rings is 1. The van der Waals surface area contributed by atoms with Crippen LogP contribution in [0.15, 0.2) is 42.6 Å². The monoisotopic (exact) mass is 277 g/mol. The Morgan fingerprint density at radius 3 is 2.86 bits per heavy atom. The topological polar surface area (TPSA) is 48.0 Å². The van der Waals surface area contributed by atoms with Crippen molar-refractivity contribution in [3.05, 3.63) is 59.5 Å². The Balaban J connectivity index is 1.79. The number of hydrogen-bond acceptors (Lipinski definition) is 3. The molecule has 5 nitrogen and oxygen atoms in total. The maximum Gasteiger partial charge on any atom is 0.137 e. The van der Waals surface area contributed by atoms with Crippen molar-refractivity contribution >= 4 is 16.7 Å². The van der Waals surface area contributed by atoms with Crippen LogP contribution in [0.2, 0.25) is 0 Å². The van der Waals surface area contributed by atoms with E-state index in [0.717, 1.165) is 22.4 Å². The van der Waals surface area contributed by atoms with Gasteiger partial charge in [-0.2, -0.15) is 0 Å². The predicted octanol–water partition coefficient (Wildman–Crippen LogP) is 2.74. The highest BCUT2D eigenvalue weighted by molar-refractivity contribution is 5.73. The van der Waals surface area contributed by atoms with E-state index in [1.54, 1.807) is 0 Å². The molecule has 21 heavy (non-hydrogen) atoms. The molecule has 0 fully saturated rings. The van der Waals surface area contributed by atoms with Crippen LogP contribution in [0.3, 0.4) is 0 Å². The van der Waals surface area contributed by atoms with E-state index in [1.165, 1.54) is 11.3 Å². The highest BCUT2D eigenvalue weighted by Gasteiger charge is 2.08. The Labute approximate surface area is 121 Å². The molecule has 0 radical (unpaired) electrons. The molecule has 5 heteroatoms. The van der Waals surface area contributed by atoms with E-state index in [9.17, 15) is 0 Å². The number of aromatic nitrogens is 5. The number of rotatable bonds is 2. The molecule has 0 amide bonds. The van der Waals surface area contributed by atoms with Crippen LogP contribution in [-0.4, -0.2) is 24.4 Å². The Morgan fingerprint density at radius 2 is 1.95 bits per heavy atom. The summed E-state index contributed by atoms with van der Waals surface area (Å²) in [6, 6.07) is 12.2. The minimum absolute atomic E-state index is 0.626. The van der Waals surface area contributed by atoms with Crippen LogP contribution >= 0.6 is 0 Å². The van der Waals surface area contributed by atoms with Gasteiger partial charge in [-0.05, 0) is 43.7 Å². The first kappa shape index (κ1) is 12.1. The van der Waals surface area contributed by atoms with Crippen molar-refractivity contribution in [2.75, 3.05) is 0 Å². The molecule has 0 aliphatic heterocycles. The first-order chi connectivity index (χ1) is 10.2. The molecule has 0 N–H and O–H groups in total. The average molecular weight is 277 g/mol. The van der Waals surface area contributed by atoms with Crippen LogP contribution in [0.5, 0.6) is 0 Å². The molecule has 0 aliphatic rings. The minimum Gasteiger partial charge on any atom is -0.304 e. The molecular weight excluding hydrogens is 262 g/mol. The summed E-state index contributed by atoms with van der Waals surface area (Å²) >= 11 is 0. The van der Waals surface area contributed by atoms with Crippen molar-refractivity contribution in [1.82, 2.24) is 24.4 Å². The molecule has 0 aliphatic carbocycles. The fraction of sp³-hybridized carbons (Fsp3) is 0.188. The van der Waals surface area contributed by atoms with Gasteiger partial charge < -0.3 is 4.40 Å². The third kappa shape index (κ3) is 1.98. The zero-order chi connectivity index (χ0) is 14.4. The third-order valence-corrected chi connectivity index (χ3v) is 3.69. The van der Waals surface area contributed by atoms with E-state index in [2.05, 4.69) is 46.9 Å². The molecule has 3 aromatic heterocycles. The van der Waals surface area contributed by atoms with Crippen LogP contribution in [0.25, 0.3) is 16.7 Å². The molecule has 0 unspecified atom stereocenters. The second-order valence-corrected chi connectivity index (χ2v) is 5.37. The maximum atomic E-state index is 4.69. The van der Waals surface area contributed by atoms with E-state index < -0.39 is 0 Å². The van der Waals surface area contributed by atoms with Crippen LogP contribution in [0.1, 0.15) is 17.0 Å². The summed E-state index contributed by atoms with van der Waals surface area (Å²) in [7, 11) is 0. The molecule has 3 heterocycles. The van der Waals surface area contributed by atoms with Gasteiger partial charge in [0.25, 0.3) is 0 Å². The number of benzene rings is 1. The lowest BCUT2D eigenvalue weighted by Crippen LogP contribution is -2.01. The summed E-state index contributed by atoms with van der Waals surface area (Å²) in [5.41, 5.74) is 6.32. The lowest BCUT2D eigenvalue weighted by molar-refractivity contribution is 0.660. The summed E-state index contributed by atoms with van der Waals surface area (Å²) in [4.78, 5) is 4.69. The maximum absolute atomic E-state index is 4.69. The molecule has 104 valence electrons. The van der Waals surface area contributed by atoms with Crippen molar-refractivity contribution in [2.45, 2.75) is 20.4 Å². The quantitative estimate of drug-likeness (QED) is 0.566. The Kier molecular flexibility index (Phi) is 2.54. The van der Waals surface area contributed by atoms with Gasteiger partial charge in [0, 0.05) is 11.9 Å². The highest BCUT2D eigenvalue weighted by atomic mass is 15.4. The molecule has 0 spiro atoms. The van der Waals surface area contributed by atoms with Gasteiger partial charge in [0.15, 0.2) is 0 Å². The molecule has 0 bridgehead atoms. The van der Waals surface area contributed by atoms with E-state index in [4.69, 9.17) is 4.98 Å². The molecule has 4 aromatic rings. The van der Waals surface area contributed by atoms with E-state index in [1.807, 2.05) is 28.9 Å². The van der Waals surface area contributed by atoms with Crippen molar-refractivity contribution in [1.29, 1.82) is 0 Å². The Morgan fingerprint density at radius 1 is 1.10 bits per heavy atom. The number of fused-ring (bicyclic) bond motifs is 2. The van der Waals surface area contributed by atoms with E-state index >= 15 is 0 Å². The average Bonchev–Trinajstić information content (AvgIpc) is 3.04. The Bertz CT molecular complexity index is 948. The molecule has 0 saturated heterocycles. The fourth-order valence-corrected chi connectivity index (χ4v) is 2.74. The number of imidazole rings is 1. The van der Waals surface area contributed by atoms with Crippen molar-refractivity contribution < 1.29 is 0 Å². The zero-order valence-corrected chi connectivity index (χ0v) is 12.0. The summed E-state index contributed by atoms with van der Waals surface area (Å²) in [5.74, 6) is 0. The van der Waals surface area contributed by atoms with Gasteiger partial charge in [-0.3, -0.25) is 0 Å². The SMILES string of the molecule is Cc1cc(C)n2cc(Cn3nnc4ccccc43)nc2c1. The van der Waals surface area contributed by atoms with Gasteiger partial charge in [-0.15, -0.1) is 5.10 Å². The van der Waals surface area contributed by atoms with Crippen molar-refractivity contribution in [2.24, 2.45) is 0 Å². The summed E-state index contributed by atoms with van der Waals surface area (Å²) in [6.07, 6.45) is 2.07. The molecule has 0 atom stereocenters. The minimum atomic E-state index is 0.626. The van der Waals surface area contributed by atoms with Crippen molar-refractivity contribution in [3.8, 4) is 0 Å². The number of aryl methyl sites for hydroxylation is 2. The lowest BCUT2D eigenvalue weighted by Gasteiger charge is -2.00. The standard InChI is InChI=1S/C16H15N5/c1-11-7-12(2)20-9-13(17-16(20)8-11)10-21-15-6-4-3-5-14(15)18-19-21/h3-9H,10H2,1-2H3. The van der Waals surface area contributed by atoms with Gasteiger partial charge in [0.1, 0.15) is 11.2 Å². The van der Waals surface area contributed by atoms with E-state index in [-0.39, 0.29) is 0 Å². The molecule has 4 rings (SSSR count). The van der Waals surface area contributed by atoms with Gasteiger partial charge in [-0.1, -0.05) is 17.3 Å². The van der Waals surface area contributed by atoms with Crippen LogP contribution in [0, 0.1) is 13.8 Å². The zero-order valence-electron chi connectivity index (χ0n) is 12.0. The molecular formula is C16H15N5. The second kappa shape index (κ2) is 4.41. The van der Waals surface area contributed by atoms with E-state index in [0.29, 0.717) is 6.54 Å². The van der Waals surface area contributed by atoms with Crippen LogP contribution in [-0.2, 0) is 6.54 Å². The van der Waals surface area contributed by atoms with Gasteiger partial charge >= 0.3 is 0 Å². The third-order valence-electron chi connectivity index (χ3n) is 3.69. The largest absolute Gasteiger partial charge is 0.304 e. The normalized spacial score (nSPS) is 11.5. The molecule has 1 aromatic carbocycles. The second-order valence-electron chi connectivity index (χ2n) is 5.37. The molecule has 0 saturated carbocycles. The predicted molar refractivity (Wildman–Crippen MR) is 81.3 cm³/mol. The summed E-state index contributed by atoms with van der Waals surface area (Å²) in [6.45, 7) is 4.81. The number of hydrogen-bond donors (Lipinski definition) is 0. The van der Waals surface area contributed by atoms with Crippen molar-refractivity contribution in [3.63, 3.8) is 0 Å². The van der Waals surface area contributed by atoms with Crippen LogP contribution in [0.4, 0.5) is 0 Å². The first-order valence-electron chi connectivity index (χ1n) is 6.94. The number of para-hydroxylation sites is 1. The first-order valence-corrected chi connectivity index (χ1v) is 6.94. The van der Waals surface area contributed by atoms with Crippen LogP contribution < -0.4 is 0 Å². The lowest BCUT2D eigenvalue weighted by atomic mass is 10.2. The fourth-order valence-electron chi connectivity index (χ4n) is 2.74. The number of nitrogens with zero attached hydrogens (tertiary/aromatic N) is 5. The summed E-state index contributed by atoms with van der Waals surface area (Å²) < 4.78 is 4.00. The Hall–Kier alpha value is -2.69.